The fraction of sp³-hybridized carbons (Fsp3) is 0.364. The van der Waals surface area contributed by atoms with Gasteiger partial charge in [-0.1, -0.05) is 23.7 Å². The zero-order valence-corrected chi connectivity index (χ0v) is 17.5. The summed E-state index contributed by atoms with van der Waals surface area (Å²) in [6, 6.07) is 10.8. The van der Waals surface area contributed by atoms with Gasteiger partial charge in [-0.3, -0.25) is 9.69 Å². The average Bonchev–Trinajstić information content (AvgIpc) is 3.19. The Labute approximate surface area is 175 Å². The van der Waals surface area contributed by atoms with Gasteiger partial charge in [-0.05, 0) is 43.5 Å². The topological polar surface area (TPSA) is 73.0 Å². The molecule has 3 heterocycles. The van der Waals surface area contributed by atoms with Crippen molar-refractivity contribution in [2.45, 2.75) is 38.4 Å². The van der Waals surface area contributed by atoms with E-state index in [1.54, 1.807) is 13.2 Å². The summed E-state index contributed by atoms with van der Waals surface area (Å²) in [6.45, 7) is 4.15. The Balaban J connectivity index is 1.49. The van der Waals surface area contributed by atoms with Gasteiger partial charge in [0.1, 0.15) is 5.65 Å². The first-order valence-corrected chi connectivity index (χ1v) is 10.4. The van der Waals surface area contributed by atoms with E-state index in [0.29, 0.717) is 17.6 Å². The van der Waals surface area contributed by atoms with E-state index in [1.165, 1.54) is 5.56 Å². The second kappa shape index (κ2) is 8.43. The number of nitrogens with zero attached hydrogens (tertiary/aromatic N) is 2. The molecule has 0 spiro atoms. The first-order valence-electron chi connectivity index (χ1n) is 9.98. The van der Waals surface area contributed by atoms with Gasteiger partial charge in [0.05, 0.1) is 11.3 Å². The van der Waals surface area contributed by atoms with Gasteiger partial charge in [-0.2, -0.15) is 0 Å². The first-order chi connectivity index (χ1) is 14.0. The van der Waals surface area contributed by atoms with Crippen LogP contribution in [0.4, 0.5) is 5.69 Å². The van der Waals surface area contributed by atoms with Gasteiger partial charge >= 0.3 is 0 Å². The highest BCUT2D eigenvalue weighted by atomic mass is 35.5. The maximum atomic E-state index is 12.4. The van der Waals surface area contributed by atoms with Gasteiger partial charge < -0.3 is 15.6 Å². The number of aromatic amines is 1. The highest BCUT2D eigenvalue weighted by Crippen LogP contribution is 2.29. The Bertz CT molecular complexity index is 1020. The number of benzene rings is 1. The number of carbonyl (C=O) groups excluding carboxylic acids is 1. The number of rotatable bonds is 5. The van der Waals surface area contributed by atoms with Crippen LogP contribution in [0.3, 0.4) is 0 Å². The number of likely N-dealkylation sites (tertiary alicyclic amines) is 1. The number of H-pyrrole nitrogens is 1. The summed E-state index contributed by atoms with van der Waals surface area (Å²) in [5, 5.41) is 8.09. The second-order valence-electron chi connectivity index (χ2n) is 7.68. The Morgan fingerprint density at radius 1 is 1.38 bits per heavy atom. The third-order valence-electron chi connectivity index (χ3n) is 5.70. The molecule has 3 aromatic rings. The SMILES string of the molecule is CNC(=O)c1cnc2[nH]ccc2c1N[C@@H]1CCN(Cc2cccc(Cl)c2)[C@H](C)C1. The van der Waals surface area contributed by atoms with Crippen LogP contribution in [0.2, 0.25) is 5.02 Å². The van der Waals surface area contributed by atoms with E-state index in [2.05, 4.69) is 38.5 Å². The lowest BCUT2D eigenvalue weighted by atomic mass is 9.96. The van der Waals surface area contributed by atoms with Crippen LogP contribution in [0.1, 0.15) is 35.7 Å². The Morgan fingerprint density at radius 3 is 3.00 bits per heavy atom. The van der Waals surface area contributed by atoms with Crippen molar-refractivity contribution >= 4 is 34.2 Å². The zero-order chi connectivity index (χ0) is 20.4. The molecule has 2 atom stereocenters. The van der Waals surface area contributed by atoms with Crippen LogP contribution in [0.25, 0.3) is 11.0 Å². The van der Waals surface area contributed by atoms with E-state index in [-0.39, 0.29) is 5.91 Å². The third kappa shape index (κ3) is 4.23. The van der Waals surface area contributed by atoms with Crippen LogP contribution < -0.4 is 10.6 Å². The van der Waals surface area contributed by atoms with Crippen molar-refractivity contribution in [3.63, 3.8) is 0 Å². The average molecular weight is 412 g/mol. The van der Waals surface area contributed by atoms with Crippen LogP contribution in [-0.4, -0.2) is 46.5 Å². The Kier molecular flexibility index (Phi) is 5.74. The fourth-order valence-electron chi connectivity index (χ4n) is 4.13. The maximum Gasteiger partial charge on any atom is 0.254 e. The number of hydrogen-bond acceptors (Lipinski definition) is 4. The molecule has 0 bridgehead atoms. The minimum Gasteiger partial charge on any atom is -0.381 e. The van der Waals surface area contributed by atoms with Crippen molar-refractivity contribution in [1.82, 2.24) is 20.2 Å². The van der Waals surface area contributed by atoms with Gasteiger partial charge in [0.25, 0.3) is 5.91 Å². The quantitative estimate of drug-likeness (QED) is 0.592. The van der Waals surface area contributed by atoms with Crippen molar-refractivity contribution in [3.8, 4) is 0 Å². The zero-order valence-electron chi connectivity index (χ0n) is 16.7. The number of nitrogens with one attached hydrogen (secondary N) is 3. The van der Waals surface area contributed by atoms with Crippen molar-refractivity contribution in [2.75, 3.05) is 18.9 Å². The number of pyridine rings is 1. The molecule has 7 heteroatoms. The second-order valence-corrected chi connectivity index (χ2v) is 8.12. The minimum absolute atomic E-state index is 0.130. The molecule has 152 valence electrons. The van der Waals surface area contributed by atoms with Crippen molar-refractivity contribution in [2.24, 2.45) is 0 Å². The number of fused-ring (bicyclic) bond motifs is 1. The molecule has 1 aliphatic heterocycles. The van der Waals surface area contributed by atoms with Crippen molar-refractivity contribution in [3.05, 3.63) is 58.9 Å². The minimum atomic E-state index is -0.130. The molecule has 6 nitrogen and oxygen atoms in total. The molecule has 0 unspecified atom stereocenters. The molecule has 0 saturated carbocycles. The van der Waals surface area contributed by atoms with Crippen LogP contribution in [0.5, 0.6) is 0 Å². The molecule has 1 aromatic carbocycles. The largest absolute Gasteiger partial charge is 0.381 e. The Hall–Kier alpha value is -2.57. The predicted molar refractivity (Wildman–Crippen MR) is 117 cm³/mol. The van der Waals surface area contributed by atoms with Gasteiger partial charge in [-0.15, -0.1) is 0 Å². The third-order valence-corrected chi connectivity index (χ3v) is 5.93. The van der Waals surface area contributed by atoms with E-state index in [9.17, 15) is 4.79 Å². The summed E-state index contributed by atoms with van der Waals surface area (Å²) >= 11 is 6.13. The molecule has 1 amide bonds. The normalized spacial score (nSPS) is 20.0. The van der Waals surface area contributed by atoms with Crippen LogP contribution >= 0.6 is 11.6 Å². The monoisotopic (exact) mass is 411 g/mol. The van der Waals surface area contributed by atoms with E-state index in [1.807, 2.05) is 30.5 Å². The smallest absolute Gasteiger partial charge is 0.254 e. The lowest BCUT2D eigenvalue weighted by molar-refractivity contribution is 0.0963. The maximum absolute atomic E-state index is 12.4. The van der Waals surface area contributed by atoms with E-state index >= 15 is 0 Å². The summed E-state index contributed by atoms with van der Waals surface area (Å²) in [5.74, 6) is -0.130. The molecule has 1 fully saturated rings. The highest BCUT2D eigenvalue weighted by Gasteiger charge is 2.27. The van der Waals surface area contributed by atoms with E-state index in [0.717, 1.165) is 47.7 Å². The summed E-state index contributed by atoms with van der Waals surface area (Å²) in [4.78, 5) is 22.4. The van der Waals surface area contributed by atoms with Gasteiger partial charge in [0, 0.05) is 55.0 Å². The molecule has 4 rings (SSSR count). The molecular weight excluding hydrogens is 386 g/mol. The predicted octanol–water partition coefficient (Wildman–Crippen LogP) is 4.04. The lowest BCUT2D eigenvalue weighted by Gasteiger charge is -2.38. The van der Waals surface area contributed by atoms with Crippen molar-refractivity contribution in [1.29, 1.82) is 0 Å². The molecule has 29 heavy (non-hydrogen) atoms. The van der Waals surface area contributed by atoms with Gasteiger partial charge in [-0.25, -0.2) is 4.98 Å². The van der Waals surface area contributed by atoms with E-state index in [4.69, 9.17) is 11.6 Å². The summed E-state index contributed by atoms with van der Waals surface area (Å²) in [7, 11) is 1.64. The Morgan fingerprint density at radius 2 is 2.24 bits per heavy atom. The molecular formula is C22H26ClN5O. The number of piperidine rings is 1. The number of amides is 1. The molecule has 2 aromatic heterocycles. The summed E-state index contributed by atoms with van der Waals surface area (Å²) in [5.41, 5.74) is 3.46. The van der Waals surface area contributed by atoms with Crippen molar-refractivity contribution < 1.29 is 4.79 Å². The van der Waals surface area contributed by atoms with Crippen LogP contribution in [0.15, 0.2) is 42.7 Å². The fourth-order valence-corrected chi connectivity index (χ4v) is 4.34. The molecule has 1 saturated heterocycles. The lowest BCUT2D eigenvalue weighted by Crippen LogP contribution is -2.44. The number of halogens is 1. The molecule has 0 aliphatic carbocycles. The van der Waals surface area contributed by atoms with Crippen LogP contribution in [0, 0.1) is 0 Å². The summed E-state index contributed by atoms with van der Waals surface area (Å²) < 4.78 is 0. The number of aromatic nitrogens is 2. The molecule has 1 aliphatic rings. The molecule has 0 radical (unpaired) electrons. The highest BCUT2D eigenvalue weighted by molar-refractivity contribution is 6.30. The summed E-state index contributed by atoms with van der Waals surface area (Å²) in [6.07, 6.45) is 5.50. The van der Waals surface area contributed by atoms with Gasteiger partial charge in [0.15, 0.2) is 0 Å². The number of hydrogen-bond donors (Lipinski definition) is 3. The van der Waals surface area contributed by atoms with Crippen LogP contribution in [-0.2, 0) is 6.54 Å². The van der Waals surface area contributed by atoms with E-state index < -0.39 is 0 Å². The van der Waals surface area contributed by atoms with Gasteiger partial charge in [0.2, 0.25) is 0 Å². The molecule has 3 N–H and O–H groups in total. The first kappa shape index (κ1) is 19.7. The standard InChI is InChI=1S/C22H26ClN5O/c1-14-10-17(7-9-28(14)13-15-4-3-5-16(23)11-15)27-20-18-6-8-25-21(18)26-12-19(20)22(29)24-2/h3-6,8,11-12,14,17H,7,9-10,13H2,1-2H3,(H,24,29)(H2,25,26,27)/t14-,17-/m1/s1. The number of carbonyl (C=O) groups is 1. The number of anilines is 1.